The average molecular weight is 315 g/mol. The Morgan fingerprint density at radius 2 is 2.11 bits per heavy atom. The smallest absolute Gasteiger partial charge is 0.361 e. The van der Waals surface area contributed by atoms with Crippen molar-refractivity contribution < 1.29 is 14.5 Å². The minimum Gasteiger partial charge on any atom is -0.461 e. The molecule has 96 valence electrons. The Kier molecular flexibility index (Phi) is 5.31. The topological polar surface area (TPSA) is 81.5 Å². The van der Waals surface area contributed by atoms with E-state index in [-0.39, 0.29) is 12.3 Å². The molecule has 0 fully saturated rings. The van der Waals surface area contributed by atoms with Crippen LogP contribution in [0.2, 0.25) is 0 Å². The van der Waals surface area contributed by atoms with Gasteiger partial charge in [0.15, 0.2) is 5.70 Å². The summed E-state index contributed by atoms with van der Waals surface area (Å²) in [4.78, 5) is 21.2. The Morgan fingerprint density at radius 3 is 2.61 bits per heavy atom. The number of rotatable bonds is 5. The van der Waals surface area contributed by atoms with Gasteiger partial charge in [-0.3, -0.25) is 10.1 Å². The second-order valence-electron chi connectivity index (χ2n) is 3.18. The number of carbonyl (C=O) groups excluding carboxylic acids is 1. The maximum Gasteiger partial charge on any atom is 0.361 e. The zero-order valence-electron chi connectivity index (χ0n) is 9.55. The molecule has 0 aliphatic rings. The first kappa shape index (κ1) is 14.2. The number of hydrogen-bond donors (Lipinski definition) is 1. The first-order chi connectivity index (χ1) is 8.52. The van der Waals surface area contributed by atoms with Crippen LogP contribution in [0.4, 0.5) is 5.69 Å². The highest BCUT2D eigenvalue weighted by Crippen LogP contribution is 2.16. The number of ether oxygens (including phenoxy) is 1. The minimum absolute atomic E-state index is 0.149. The van der Waals surface area contributed by atoms with E-state index in [0.29, 0.717) is 11.9 Å². The molecule has 0 unspecified atom stereocenters. The highest BCUT2D eigenvalue weighted by Gasteiger charge is 2.15. The summed E-state index contributed by atoms with van der Waals surface area (Å²) in [5.41, 5.74) is 0.337. The summed E-state index contributed by atoms with van der Waals surface area (Å²) in [5, 5.41) is 13.1. The molecular formula is C11H11BrN2O4. The number of nitro groups is 1. The van der Waals surface area contributed by atoms with E-state index in [1.54, 1.807) is 31.2 Å². The largest absolute Gasteiger partial charge is 0.461 e. The minimum atomic E-state index is -0.767. The average Bonchev–Trinajstić information content (AvgIpc) is 2.31. The fourth-order valence-corrected chi connectivity index (χ4v) is 1.40. The summed E-state index contributed by atoms with van der Waals surface area (Å²) >= 11 is 3.26. The number of anilines is 1. The predicted molar refractivity (Wildman–Crippen MR) is 69.5 cm³/mol. The van der Waals surface area contributed by atoms with E-state index in [2.05, 4.69) is 21.2 Å². The van der Waals surface area contributed by atoms with E-state index >= 15 is 0 Å². The van der Waals surface area contributed by atoms with Crippen LogP contribution in [0.15, 0.2) is 40.6 Å². The number of nitrogens with zero attached hydrogens (tertiary/aromatic N) is 1. The van der Waals surface area contributed by atoms with Crippen molar-refractivity contribution in [1.82, 2.24) is 0 Å². The van der Waals surface area contributed by atoms with Gasteiger partial charge in [-0.25, -0.2) is 4.79 Å². The molecule has 0 heterocycles. The zero-order chi connectivity index (χ0) is 13.5. The number of benzene rings is 1. The number of carbonyl (C=O) groups is 1. The van der Waals surface area contributed by atoms with E-state index in [1.165, 1.54) is 0 Å². The Morgan fingerprint density at radius 1 is 1.50 bits per heavy atom. The van der Waals surface area contributed by atoms with Crippen molar-refractivity contribution in [3.63, 3.8) is 0 Å². The second-order valence-corrected chi connectivity index (χ2v) is 4.10. The fraction of sp³-hybridized carbons (Fsp3) is 0.182. The molecule has 0 aromatic heterocycles. The van der Waals surface area contributed by atoms with Crippen LogP contribution in [0.5, 0.6) is 0 Å². The van der Waals surface area contributed by atoms with Gasteiger partial charge in [0.25, 0.3) is 6.20 Å². The summed E-state index contributed by atoms with van der Waals surface area (Å²) in [7, 11) is 0. The first-order valence-corrected chi connectivity index (χ1v) is 5.87. The Balaban J connectivity index is 2.88. The van der Waals surface area contributed by atoms with Crippen LogP contribution in [-0.2, 0) is 9.53 Å². The lowest BCUT2D eigenvalue weighted by molar-refractivity contribution is -0.403. The van der Waals surface area contributed by atoms with Gasteiger partial charge in [0.05, 0.1) is 11.5 Å². The standard InChI is InChI=1S/C11H11BrN2O4/c1-2-18-11(15)10(7-14(16)17)13-9-5-3-8(12)4-6-9/h3-7,13H,2H2,1H3/b10-7-. The highest BCUT2D eigenvalue weighted by atomic mass is 79.9. The molecule has 0 atom stereocenters. The van der Waals surface area contributed by atoms with Crippen LogP contribution in [0.25, 0.3) is 0 Å². The Hall–Kier alpha value is -1.89. The Labute approximate surface area is 112 Å². The number of halogens is 1. The van der Waals surface area contributed by atoms with Crippen molar-refractivity contribution in [3.05, 3.63) is 50.7 Å². The third kappa shape index (κ3) is 4.54. The quantitative estimate of drug-likeness (QED) is 0.391. The maximum atomic E-state index is 11.5. The van der Waals surface area contributed by atoms with Crippen LogP contribution in [0, 0.1) is 10.1 Å². The van der Waals surface area contributed by atoms with E-state index in [4.69, 9.17) is 4.74 Å². The highest BCUT2D eigenvalue weighted by molar-refractivity contribution is 9.10. The number of esters is 1. The van der Waals surface area contributed by atoms with Gasteiger partial charge in [-0.15, -0.1) is 0 Å². The van der Waals surface area contributed by atoms with Gasteiger partial charge < -0.3 is 10.1 Å². The normalized spacial score (nSPS) is 10.9. The van der Waals surface area contributed by atoms with Gasteiger partial charge in [-0.2, -0.15) is 0 Å². The Bertz CT molecular complexity index is 470. The van der Waals surface area contributed by atoms with Crippen LogP contribution >= 0.6 is 15.9 Å². The third-order valence-electron chi connectivity index (χ3n) is 1.85. The zero-order valence-corrected chi connectivity index (χ0v) is 11.1. The molecule has 1 N–H and O–H groups in total. The van der Waals surface area contributed by atoms with Crippen molar-refractivity contribution in [2.45, 2.75) is 6.92 Å². The fourth-order valence-electron chi connectivity index (χ4n) is 1.14. The summed E-state index contributed by atoms with van der Waals surface area (Å²) in [6.07, 6.45) is 0.583. The molecule has 1 rings (SSSR count). The monoisotopic (exact) mass is 314 g/mol. The van der Waals surface area contributed by atoms with Crippen LogP contribution < -0.4 is 5.32 Å². The first-order valence-electron chi connectivity index (χ1n) is 5.08. The van der Waals surface area contributed by atoms with E-state index in [1.807, 2.05) is 0 Å². The molecule has 18 heavy (non-hydrogen) atoms. The van der Waals surface area contributed by atoms with Gasteiger partial charge in [0, 0.05) is 10.2 Å². The third-order valence-corrected chi connectivity index (χ3v) is 2.38. The second kappa shape index (κ2) is 6.75. The lowest BCUT2D eigenvalue weighted by atomic mass is 10.3. The molecule has 0 aliphatic carbocycles. The maximum absolute atomic E-state index is 11.5. The van der Waals surface area contributed by atoms with Crippen molar-refractivity contribution in [2.24, 2.45) is 0 Å². The summed E-state index contributed by atoms with van der Waals surface area (Å²) in [6, 6.07) is 6.85. The van der Waals surface area contributed by atoms with Crippen molar-refractivity contribution in [1.29, 1.82) is 0 Å². The molecular weight excluding hydrogens is 304 g/mol. The molecule has 0 radical (unpaired) electrons. The molecule has 7 heteroatoms. The SMILES string of the molecule is CCOC(=O)/C(=C/[N+](=O)[O-])Nc1ccc(Br)cc1. The van der Waals surface area contributed by atoms with Gasteiger partial charge in [-0.1, -0.05) is 15.9 Å². The van der Waals surface area contributed by atoms with Crippen LogP contribution in [0.3, 0.4) is 0 Å². The van der Waals surface area contributed by atoms with Gasteiger partial charge in [0.2, 0.25) is 0 Å². The molecule has 1 aromatic rings. The lowest BCUT2D eigenvalue weighted by Crippen LogP contribution is -2.16. The number of nitrogens with one attached hydrogen (secondary N) is 1. The van der Waals surface area contributed by atoms with Crippen molar-refractivity contribution in [2.75, 3.05) is 11.9 Å². The van der Waals surface area contributed by atoms with Crippen LogP contribution in [0.1, 0.15) is 6.92 Å². The van der Waals surface area contributed by atoms with Crippen molar-refractivity contribution in [3.8, 4) is 0 Å². The van der Waals surface area contributed by atoms with Gasteiger partial charge in [0.1, 0.15) is 0 Å². The molecule has 0 saturated carbocycles. The molecule has 0 saturated heterocycles. The summed E-state index contributed by atoms with van der Waals surface area (Å²) in [5.74, 6) is -0.767. The summed E-state index contributed by atoms with van der Waals surface area (Å²) in [6.45, 7) is 1.78. The van der Waals surface area contributed by atoms with Gasteiger partial charge >= 0.3 is 5.97 Å². The lowest BCUT2D eigenvalue weighted by Gasteiger charge is -2.07. The van der Waals surface area contributed by atoms with Crippen LogP contribution in [-0.4, -0.2) is 17.5 Å². The number of hydrogen-bond acceptors (Lipinski definition) is 5. The van der Waals surface area contributed by atoms with E-state index in [9.17, 15) is 14.9 Å². The predicted octanol–water partition coefficient (Wildman–Crippen LogP) is 2.54. The van der Waals surface area contributed by atoms with Gasteiger partial charge in [-0.05, 0) is 31.2 Å². The molecule has 0 aliphatic heterocycles. The van der Waals surface area contributed by atoms with E-state index in [0.717, 1.165) is 4.47 Å². The van der Waals surface area contributed by atoms with Crippen molar-refractivity contribution >= 4 is 27.6 Å². The molecule has 0 amide bonds. The molecule has 6 nitrogen and oxygen atoms in total. The molecule has 0 bridgehead atoms. The summed E-state index contributed by atoms with van der Waals surface area (Å²) < 4.78 is 5.58. The molecule has 1 aromatic carbocycles. The van der Waals surface area contributed by atoms with E-state index < -0.39 is 10.9 Å². The molecule has 0 spiro atoms.